The maximum absolute atomic E-state index is 5.57. The molecule has 9 nitrogen and oxygen atoms in total. The smallest absolute Gasteiger partial charge is 0.162 e. The fraction of sp³-hybridized carbons (Fsp3) is 0.280. The van der Waals surface area contributed by atoms with Crippen molar-refractivity contribution in [1.82, 2.24) is 25.3 Å². The van der Waals surface area contributed by atoms with Gasteiger partial charge >= 0.3 is 0 Å². The molecule has 34 heavy (non-hydrogen) atoms. The van der Waals surface area contributed by atoms with E-state index < -0.39 is 0 Å². The Balaban J connectivity index is 1.50. The van der Waals surface area contributed by atoms with E-state index in [4.69, 9.17) is 14.7 Å². The number of fused-ring (bicyclic) bond motifs is 1. The molecule has 3 aromatic heterocycles. The minimum Gasteiger partial charge on any atom is -0.494 e. The molecule has 1 atom stereocenters. The lowest BCUT2D eigenvalue weighted by Gasteiger charge is -2.17. The van der Waals surface area contributed by atoms with Crippen LogP contribution in [-0.2, 0) is 0 Å². The van der Waals surface area contributed by atoms with Crippen molar-refractivity contribution in [2.45, 2.75) is 12.5 Å². The number of ether oxygens (including phenoxy) is 1. The molecular weight excluding hydrogens is 428 g/mol. The molecule has 0 radical (unpaired) electrons. The third-order valence-electron chi connectivity index (χ3n) is 5.87. The highest BCUT2D eigenvalue weighted by Crippen LogP contribution is 2.32. The van der Waals surface area contributed by atoms with Crippen LogP contribution in [0.15, 0.2) is 55.0 Å². The number of aromatic nitrogens is 4. The van der Waals surface area contributed by atoms with E-state index in [1.54, 1.807) is 25.7 Å². The van der Waals surface area contributed by atoms with Crippen molar-refractivity contribution in [1.29, 1.82) is 0 Å². The molecule has 3 N–H and O–H groups in total. The van der Waals surface area contributed by atoms with E-state index in [1.807, 2.05) is 38.4 Å². The largest absolute Gasteiger partial charge is 0.494 e. The zero-order valence-electron chi connectivity index (χ0n) is 19.5. The van der Waals surface area contributed by atoms with Crippen molar-refractivity contribution in [3.8, 4) is 17.1 Å². The van der Waals surface area contributed by atoms with Gasteiger partial charge in [-0.1, -0.05) is 0 Å². The Morgan fingerprint density at radius 2 is 1.94 bits per heavy atom. The third-order valence-corrected chi connectivity index (χ3v) is 5.87. The standard InChI is InChI=1S/C25H28N8O/c1-33(2)19-6-4-17(5-7-19)29-22-12-16(8-11-28-22)24-31-20-14-27-15-21(34-3)23(20)25(32-24)30-18-9-10-26-13-18/h4-8,11-12,14-15,18,26H,9-10,13H2,1-3H3,(H,28,29)(H,30,31,32). The number of methoxy groups -OCH3 is 1. The van der Waals surface area contributed by atoms with E-state index in [0.717, 1.165) is 59.0 Å². The van der Waals surface area contributed by atoms with E-state index in [2.05, 4.69) is 43.0 Å². The molecule has 0 bridgehead atoms. The summed E-state index contributed by atoms with van der Waals surface area (Å²) in [6.45, 7) is 1.88. The molecule has 9 heteroatoms. The second kappa shape index (κ2) is 9.48. The Labute approximate surface area is 198 Å². The first-order chi connectivity index (χ1) is 16.6. The van der Waals surface area contributed by atoms with Gasteiger partial charge in [0.1, 0.15) is 17.4 Å². The highest BCUT2D eigenvalue weighted by Gasteiger charge is 2.20. The average molecular weight is 457 g/mol. The highest BCUT2D eigenvalue weighted by atomic mass is 16.5. The number of hydrogen-bond donors (Lipinski definition) is 3. The van der Waals surface area contributed by atoms with Crippen molar-refractivity contribution >= 4 is 33.9 Å². The number of rotatable bonds is 7. The Kier molecular flexibility index (Phi) is 6.09. The summed E-state index contributed by atoms with van der Waals surface area (Å²) in [6, 6.07) is 12.4. The van der Waals surface area contributed by atoms with Gasteiger partial charge in [0, 0.05) is 49.8 Å². The van der Waals surface area contributed by atoms with Crippen LogP contribution in [0.25, 0.3) is 22.3 Å². The van der Waals surface area contributed by atoms with Gasteiger partial charge in [-0.25, -0.2) is 15.0 Å². The van der Waals surface area contributed by atoms with Gasteiger partial charge in [0.15, 0.2) is 5.82 Å². The lowest BCUT2D eigenvalue weighted by atomic mass is 10.2. The SMILES string of the molecule is COc1cncc2nc(-c3ccnc(Nc4ccc(N(C)C)cc4)c3)nc(NC3CCNC3)c12. The fourth-order valence-electron chi connectivity index (χ4n) is 4.04. The molecule has 0 aliphatic carbocycles. The number of pyridine rings is 2. The Morgan fingerprint density at radius 1 is 1.09 bits per heavy atom. The molecule has 1 aromatic carbocycles. The maximum Gasteiger partial charge on any atom is 0.162 e. The van der Waals surface area contributed by atoms with Gasteiger partial charge in [-0.3, -0.25) is 4.98 Å². The summed E-state index contributed by atoms with van der Waals surface area (Å²) in [5.74, 6) is 2.72. The minimum absolute atomic E-state index is 0.295. The predicted octanol–water partition coefficient (Wildman–Crippen LogP) is 3.68. The maximum atomic E-state index is 5.57. The molecule has 4 heterocycles. The first-order valence-electron chi connectivity index (χ1n) is 11.3. The summed E-state index contributed by atoms with van der Waals surface area (Å²) in [5.41, 5.74) is 3.68. The van der Waals surface area contributed by atoms with Crippen LogP contribution in [0.4, 0.5) is 23.0 Å². The van der Waals surface area contributed by atoms with Gasteiger partial charge in [0.05, 0.1) is 30.4 Å². The normalized spacial score (nSPS) is 15.3. The quantitative estimate of drug-likeness (QED) is 0.384. The van der Waals surface area contributed by atoms with Gasteiger partial charge < -0.3 is 25.6 Å². The second-order valence-electron chi connectivity index (χ2n) is 8.46. The number of hydrogen-bond acceptors (Lipinski definition) is 9. The third kappa shape index (κ3) is 4.55. The van der Waals surface area contributed by atoms with Crippen molar-refractivity contribution in [3.05, 3.63) is 55.0 Å². The average Bonchev–Trinajstić information content (AvgIpc) is 3.37. The van der Waals surface area contributed by atoms with E-state index in [0.29, 0.717) is 17.6 Å². The highest BCUT2D eigenvalue weighted by molar-refractivity contribution is 5.95. The molecule has 0 amide bonds. The number of nitrogens with zero attached hydrogens (tertiary/aromatic N) is 5. The molecule has 5 rings (SSSR count). The van der Waals surface area contributed by atoms with E-state index in [9.17, 15) is 0 Å². The minimum atomic E-state index is 0.295. The van der Waals surface area contributed by atoms with Gasteiger partial charge in [0.25, 0.3) is 0 Å². The molecule has 0 saturated carbocycles. The molecular formula is C25H28N8O. The van der Waals surface area contributed by atoms with E-state index in [-0.39, 0.29) is 0 Å². The first-order valence-corrected chi connectivity index (χ1v) is 11.3. The summed E-state index contributed by atoms with van der Waals surface area (Å²) < 4.78 is 5.57. The Hall–Kier alpha value is -3.98. The van der Waals surface area contributed by atoms with Gasteiger partial charge in [-0.2, -0.15) is 0 Å². The van der Waals surface area contributed by atoms with Crippen LogP contribution in [0.1, 0.15) is 6.42 Å². The van der Waals surface area contributed by atoms with Crippen LogP contribution in [0.2, 0.25) is 0 Å². The van der Waals surface area contributed by atoms with E-state index in [1.165, 1.54) is 0 Å². The summed E-state index contributed by atoms with van der Waals surface area (Å²) in [4.78, 5) is 20.5. The molecule has 1 fully saturated rings. The Bertz CT molecular complexity index is 1290. The molecule has 174 valence electrons. The zero-order valence-corrected chi connectivity index (χ0v) is 19.5. The van der Waals surface area contributed by atoms with Crippen LogP contribution in [0.5, 0.6) is 5.75 Å². The number of benzene rings is 1. The molecule has 4 aromatic rings. The molecule has 0 spiro atoms. The number of nitrogens with one attached hydrogen (secondary N) is 3. The monoisotopic (exact) mass is 456 g/mol. The Morgan fingerprint density at radius 3 is 2.68 bits per heavy atom. The van der Waals surface area contributed by atoms with Gasteiger partial charge in [0.2, 0.25) is 0 Å². The zero-order chi connectivity index (χ0) is 23.5. The number of anilines is 4. The lowest BCUT2D eigenvalue weighted by molar-refractivity contribution is 0.418. The fourth-order valence-corrected chi connectivity index (χ4v) is 4.04. The molecule has 1 unspecified atom stereocenters. The van der Waals surface area contributed by atoms with Crippen LogP contribution < -0.4 is 25.6 Å². The van der Waals surface area contributed by atoms with Crippen LogP contribution in [-0.4, -0.2) is 60.3 Å². The molecule has 1 aliphatic heterocycles. The summed E-state index contributed by atoms with van der Waals surface area (Å²) in [5, 5.41) is 11.2. The van der Waals surface area contributed by atoms with Crippen molar-refractivity contribution in [3.63, 3.8) is 0 Å². The van der Waals surface area contributed by atoms with Crippen LogP contribution in [0.3, 0.4) is 0 Å². The summed E-state index contributed by atoms with van der Waals surface area (Å²) in [7, 11) is 5.68. The van der Waals surface area contributed by atoms with Gasteiger partial charge in [-0.15, -0.1) is 0 Å². The van der Waals surface area contributed by atoms with Crippen LogP contribution >= 0.6 is 0 Å². The summed E-state index contributed by atoms with van der Waals surface area (Å²) >= 11 is 0. The lowest BCUT2D eigenvalue weighted by Crippen LogP contribution is -2.23. The first kappa shape index (κ1) is 21.8. The van der Waals surface area contributed by atoms with Crippen LogP contribution in [0, 0.1) is 0 Å². The molecule has 1 aliphatic rings. The van der Waals surface area contributed by atoms with Crippen molar-refractivity contribution in [2.75, 3.05) is 49.8 Å². The van der Waals surface area contributed by atoms with Crippen molar-refractivity contribution < 1.29 is 4.74 Å². The molecule has 1 saturated heterocycles. The van der Waals surface area contributed by atoms with E-state index >= 15 is 0 Å². The predicted molar refractivity (Wildman–Crippen MR) is 136 cm³/mol. The topological polar surface area (TPSA) is 100 Å². The van der Waals surface area contributed by atoms with Gasteiger partial charge in [-0.05, 0) is 49.4 Å². The van der Waals surface area contributed by atoms with Crippen molar-refractivity contribution in [2.24, 2.45) is 0 Å². The second-order valence-corrected chi connectivity index (χ2v) is 8.46. The summed E-state index contributed by atoms with van der Waals surface area (Å²) in [6.07, 6.45) is 6.23.